The van der Waals surface area contributed by atoms with E-state index in [1.54, 1.807) is 0 Å². The summed E-state index contributed by atoms with van der Waals surface area (Å²) in [5, 5.41) is 0. The van der Waals surface area contributed by atoms with Crippen molar-refractivity contribution in [1.82, 2.24) is 4.90 Å². The van der Waals surface area contributed by atoms with Crippen LogP contribution in [0.15, 0.2) is 0 Å². The summed E-state index contributed by atoms with van der Waals surface area (Å²) in [4.78, 5) is 2.61. The van der Waals surface area contributed by atoms with Crippen molar-refractivity contribution in [3.05, 3.63) is 0 Å². The minimum atomic E-state index is 0.687. The lowest BCUT2D eigenvalue weighted by atomic mass is 9.72. The Bertz CT molecular complexity index is 154. The van der Waals surface area contributed by atoms with Crippen LogP contribution >= 0.6 is 0 Å². The van der Waals surface area contributed by atoms with Crippen LogP contribution in [-0.2, 0) is 0 Å². The van der Waals surface area contributed by atoms with E-state index >= 15 is 0 Å². The number of nitrogens with zero attached hydrogens (tertiary/aromatic N) is 1. The van der Waals surface area contributed by atoms with Crippen LogP contribution in [0.2, 0.25) is 0 Å². The molecular formula is C13H28N2. The molecule has 1 aliphatic heterocycles. The first-order chi connectivity index (χ1) is 7.26. The van der Waals surface area contributed by atoms with E-state index in [1.807, 2.05) is 0 Å². The summed E-state index contributed by atoms with van der Waals surface area (Å²) in [6.07, 6.45) is 8.01. The molecule has 0 aliphatic carbocycles. The molecule has 2 N–H and O–H groups in total. The third-order valence-corrected chi connectivity index (χ3v) is 3.61. The van der Waals surface area contributed by atoms with E-state index in [1.165, 1.54) is 58.2 Å². The van der Waals surface area contributed by atoms with Crippen LogP contribution in [0.3, 0.4) is 0 Å². The van der Waals surface area contributed by atoms with E-state index in [0.717, 1.165) is 6.54 Å². The molecule has 0 spiro atoms. The molecule has 0 unspecified atom stereocenters. The van der Waals surface area contributed by atoms with Gasteiger partial charge in [-0.3, -0.25) is 0 Å². The number of nitrogens with two attached hydrogens (primary N) is 1. The molecule has 0 aromatic heterocycles. The summed E-state index contributed by atoms with van der Waals surface area (Å²) in [5.41, 5.74) is 6.19. The Balaban J connectivity index is 2.18. The fourth-order valence-corrected chi connectivity index (χ4v) is 3.04. The highest BCUT2D eigenvalue weighted by atomic mass is 15.2. The minimum absolute atomic E-state index is 0.687. The summed E-state index contributed by atoms with van der Waals surface area (Å²) in [7, 11) is 0. The quantitative estimate of drug-likeness (QED) is 0.627. The normalized spacial score (nSPS) is 20.2. The minimum Gasteiger partial charge on any atom is -0.330 e. The molecule has 1 aliphatic rings. The van der Waals surface area contributed by atoms with Gasteiger partial charge in [0.05, 0.1) is 0 Å². The van der Waals surface area contributed by atoms with E-state index in [2.05, 4.69) is 18.7 Å². The first-order valence-corrected chi connectivity index (χ1v) is 6.69. The molecule has 0 radical (unpaired) electrons. The monoisotopic (exact) mass is 212 g/mol. The van der Waals surface area contributed by atoms with Crippen molar-refractivity contribution in [3.8, 4) is 0 Å². The second kappa shape index (κ2) is 6.49. The van der Waals surface area contributed by atoms with Gasteiger partial charge in [-0.2, -0.15) is 0 Å². The van der Waals surface area contributed by atoms with Gasteiger partial charge in [0.25, 0.3) is 0 Å². The zero-order chi connectivity index (χ0) is 11.1. The van der Waals surface area contributed by atoms with E-state index in [0.29, 0.717) is 5.41 Å². The number of hydrogen-bond donors (Lipinski definition) is 1. The summed E-state index contributed by atoms with van der Waals surface area (Å²) >= 11 is 0. The molecule has 90 valence electrons. The lowest BCUT2D eigenvalue weighted by molar-refractivity contribution is -0.0150. The lowest BCUT2D eigenvalue weighted by Crippen LogP contribution is -2.56. The fourth-order valence-electron chi connectivity index (χ4n) is 3.04. The summed E-state index contributed by atoms with van der Waals surface area (Å²) in [5.74, 6) is 0. The molecule has 1 rings (SSSR count). The summed E-state index contributed by atoms with van der Waals surface area (Å²) in [6, 6.07) is 0. The fraction of sp³-hybridized carbons (Fsp3) is 1.00. The Hall–Kier alpha value is -0.0800. The molecular weight excluding hydrogens is 184 g/mol. The summed E-state index contributed by atoms with van der Waals surface area (Å²) < 4.78 is 0. The maximum Gasteiger partial charge on any atom is 0.00505 e. The molecule has 1 fully saturated rings. The number of unbranched alkanes of at least 4 members (excludes halogenated alkanes) is 1. The maximum absolute atomic E-state index is 5.50. The van der Waals surface area contributed by atoms with Crippen molar-refractivity contribution in [3.63, 3.8) is 0 Å². The van der Waals surface area contributed by atoms with Crippen LogP contribution in [0, 0.1) is 5.41 Å². The first kappa shape index (κ1) is 13.0. The highest BCUT2D eigenvalue weighted by Crippen LogP contribution is 2.39. The smallest absolute Gasteiger partial charge is 0.00505 e. The van der Waals surface area contributed by atoms with Crippen LogP contribution in [0.1, 0.15) is 52.4 Å². The SMILES string of the molecule is CCCC1(CCC)CN(CCCCN)C1. The number of hydrogen-bond acceptors (Lipinski definition) is 2. The predicted molar refractivity (Wildman–Crippen MR) is 67.0 cm³/mol. The van der Waals surface area contributed by atoms with Gasteiger partial charge in [0.15, 0.2) is 0 Å². The van der Waals surface area contributed by atoms with E-state index in [9.17, 15) is 0 Å². The Morgan fingerprint density at radius 1 is 1.07 bits per heavy atom. The van der Waals surface area contributed by atoms with Crippen LogP contribution in [-0.4, -0.2) is 31.1 Å². The number of rotatable bonds is 8. The topological polar surface area (TPSA) is 29.3 Å². The van der Waals surface area contributed by atoms with Crippen molar-refractivity contribution < 1.29 is 0 Å². The van der Waals surface area contributed by atoms with Crippen LogP contribution in [0.5, 0.6) is 0 Å². The van der Waals surface area contributed by atoms with Gasteiger partial charge in [0.1, 0.15) is 0 Å². The molecule has 0 atom stereocenters. The molecule has 0 aromatic rings. The average molecular weight is 212 g/mol. The third-order valence-electron chi connectivity index (χ3n) is 3.61. The van der Waals surface area contributed by atoms with Crippen molar-refractivity contribution in [2.24, 2.45) is 11.1 Å². The van der Waals surface area contributed by atoms with Gasteiger partial charge in [-0.1, -0.05) is 26.7 Å². The molecule has 0 bridgehead atoms. The van der Waals surface area contributed by atoms with Crippen molar-refractivity contribution in [1.29, 1.82) is 0 Å². The first-order valence-electron chi connectivity index (χ1n) is 6.69. The van der Waals surface area contributed by atoms with Gasteiger partial charge < -0.3 is 10.6 Å². The Labute approximate surface area is 95.2 Å². The molecule has 1 heterocycles. The van der Waals surface area contributed by atoms with Crippen LogP contribution in [0.4, 0.5) is 0 Å². The van der Waals surface area contributed by atoms with E-state index in [-0.39, 0.29) is 0 Å². The van der Waals surface area contributed by atoms with Crippen molar-refractivity contribution in [2.75, 3.05) is 26.2 Å². The molecule has 2 nitrogen and oxygen atoms in total. The zero-order valence-corrected chi connectivity index (χ0v) is 10.6. The highest BCUT2D eigenvalue weighted by Gasteiger charge is 2.40. The maximum atomic E-state index is 5.50. The average Bonchev–Trinajstić information content (AvgIpc) is 2.16. The highest BCUT2D eigenvalue weighted by molar-refractivity contribution is 4.93. The van der Waals surface area contributed by atoms with Gasteiger partial charge >= 0.3 is 0 Å². The van der Waals surface area contributed by atoms with Gasteiger partial charge in [0, 0.05) is 13.1 Å². The molecule has 15 heavy (non-hydrogen) atoms. The zero-order valence-electron chi connectivity index (χ0n) is 10.6. The molecule has 0 saturated carbocycles. The van der Waals surface area contributed by atoms with Crippen molar-refractivity contribution >= 4 is 0 Å². The molecule has 0 amide bonds. The van der Waals surface area contributed by atoms with E-state index in [4.69, 9.17) is 5.73 Å². The summed E-state index contributed by atoms with van der Waals surface area (Å²) in [6.45, 7) is 9.44. The predicted octanol–water partition coefficient (Wildman–Crippen LogP) is 2.63. The Kier molecular flexibility index (Phi) is 5.62. The largest absolute Gasteiger partial charge is 0.330 e. The second-order valence-corrected chi connectivity index (χ2v) is 5.21. The molecule has 0 aromatic carbocycles. The Morgan fingerprint density at radius 2 is 1.67 bits per heavy atom. The standard InChI is InChI=1S/C13H28N2/c1-3-7-13(8-4-2)11-15(12-13)10-6-5-9-14/h3-12,14H2,1-2H3. The van der Waals surface area contributed by atoms with Crippen molar-refractivity contribution in [2.45, 2.75) is 52.4 Å². The third kappa shape index (κ3) is 3.76. The second-order valence-electron chi connectivity index (χ2n) is 5.21. The van der Waals surface area contributed by atoms with Gasteiger partial charge in [-0.25, -0.2) is 0 Å². The van der Waals surface area contributed by atoms with E-state index < -0.39 is 0 Å². The van der Waals surface area contributed by atoms with Gasteiger partial charge in [-0.05, 0) is 44.2 Å². The molecule has 1 saturated heterocycles. The number of likely N-dealkylation sites (tertiary alicyclic amines) is 1. The Morgan fingerprint density at radius 3 is 2.13 bits per heavy atom. The van der Waals surface area contributed by atoms with Crippen LogP contribution < -0.4 is 5.73 Å². The van der Waals surface area contributed by atoms with Gasteiger partial charge in [0.2, 0.25) is 0 Å². The molecule has 2 heteroatoms. The van der Waals surface area contributed by atoms with Gasteiger partial charge in [-0.15, -0.1) is 0 Å². The lowest BCUT2D eigenvalue weighted by Gasteiger charge is -2.51. The van der Waals surface area contributed by atoms with Crippen LogP contribution in [0.25, 0.3) is 0 Å².